The number of hydrogen-bond acceptors (Lipinski definition) is 3. The minimum absolute atomic E-state index is 0.164. The smallest absolute Gasteiger partial charge is 0.255 e. The molecule has 5 nitrogen and oxygen atoms in total. The van der Waals surface area contributed by atoms with E-state index in [4.69, 9.17) is 0 Å². The van der Waals surface area contributed by atoms with Crippen molar-refractivity contribution in [1.82, 2.24) is 4.72 Å². The molecule has 1 amide bonds. The van der Waals surface area contributed by atoms with E-state index in [9.17, 15) is 13.2 Å². The molecule has 0 atom stereocenters. The normalized spacial score (nSPS) is 14.4. The first-order valence-electron chi connectivity index (χ1n) is 9.60. The van der Waals surface area contributed by atoms with E-state index in [-0.39, 0.29) is 10.8 Å². The van der Waals surface area contributed by atoms with Crippen LogP contribution in [0.25, 0.3) is 0 Å². The van der Waals surface area contributed by atoms with Gasteiger partial charge in [-0.15, -0.1) is 0 Å². The number of amides is 1. The summed E-state index contributed by atoms with van der Waals surface area (Å²) in [6, 6.07) is 13.5. The number of carbonyl (C=O) groups excluding carboxylic acids is 1. The number of nitrogens with one attached hydrogen (secondary N) is 2. The first-order valence-corrected chi connectivity index (χ1v) is 11.1. The fourth-order valence-corrected chi connectivity index (χ4v) is 4.22. The lowest BCUT2D eigenvalue weighted by Crippen LogP contribution is -2.25. The van der Waals surface area contributed by atoms with Crippen LogP contribution in [-0.4, -0.2) is 20.9 Å². The average Bonchev–Trinajstić information content (AvgIpc) is 2.70. The van der Waals surface area contributed by atoms with E-state index < -0.39 is 10.0 Å². The maximum atomic E-state index is 12.4. The fraction of sp³-hybridized carbons (Fsp3) is 0.318. The van der Waals surface area contributed by atoms with Crippen LogP contribution < -0.4 is 10.0 Å². The van der Waals surface area contributed by atoms with Gasteiger partial charge in [0.1, 0.15) is 0 Å². The predicted octanol–water partition coefficient (Wildman–Crippen LogP) is 4.42. The Morgan fingerprint density at radius 1 is 1.00 bits per heavy atom. The topological polar surface area (TPSA) is 75.3 Å². The van der Waals surface area contributed by atoms with Gasteiger partial charge < -0.3 is 5.32 Å². The molecule has 1 aliphatic carbocycles. The largest absolute Gasteiger partial charge is 0.322 e. The molecule has 0 aliphatic heterocycles. The van der Waals surface area contributed by atoms with Crippen LogP contribution in [0, 0.1) is 6.92 Å². The van der Waals surface area contributed by atoms with Gasteiger partial charge in [-0.3, -0.25) is 4.79 Å². The zero-order valence-corrected chi connectivity index (χ0v) is 16.9. The molecule has 0 radical (unpaired) electrons. The molecule has 28 heavy (non-hydrogen) atoms. The number of carbonyl (C=O) groups is 1. The van der Waals surface area contributed by atoms with Crippen molar-refractivity contribution in [3.63, 3.8) is 0 Å². The molecule has 1 aliphatic rings. The molecule has 3 rings (SSSR count). The maximum Gasteiger partial charge on any atom is 0.255 e. The highest BCUT2D eigenvalue weighted by Gasteiger charge is 2.15. The molecular formula is C22H26N2O3S. The third kappa shape index (κ3) is 5.53. The lowest BCUT2D eigenvalue weighted by molar-refractivity contribution is 0.102. The van der Waals surface area contributed by atoms with E-state index >= 15 is 0 Å². The van der Waals surface area contributed by atoms with Crippen LogP contribution in [0.4, 0.5) is 5.69 Å². The Balaban J connectivity index is 1.58. The molecular weight excluding hydrogens is 372 g/mol. The molecule has 0 saturated heterocycles. The number of hydrogen-bond donors (Lipinski definition) is 2. The van der Waals surface area contributed by atoms with Gasteiger partial charge in [0.05, 0.1) is 4.90 Å². The zero-order valence-electron chi connectivity index (χ0n) is 16.1. The lowest BCUT2D eigenvalue weighted by atomic mass is 9.97. The number of benzene rings is 2. The summed E-state index contributed by atoms with van der Waals surface area (Å²) in [5.41, 5.74) is 3.55. The van der Waals surface area contributed by atoms with Gasteiger partial charge in [0.25, 0.3) is 5.91 Å². The van der Waals surface area contributed by atoms with Crippen LogP contribution in [0.15, 0.2) is 65.1 Å². The van der Waals surface area contributed by atoms with E-state index in [0.717, 1.165) is 24.8 Å². The third-order valence-corrected chi connectivity index (χ3v) is 6.34. The van der Waals surface area contributed by atoms with Gasteiger partial charge in [-0.05, 0) is 75.4 Å². The molecule has 2 N–H and O–H groups in total. The van der Waals surface area contributed by atoms with Gasteiger partial charge in [0.15, 0.2) is 0 Å². The molecule has 0 aromatic heterocycles. The minimum Gasteiger partial charge on any atom is -0.322 e. The van der Waals surface area contributed by atoms with Gasteiger partial charge in [-0.1, -0.05) is 29.3 Å². The molecule has 2 aromatic carbocycles. The van der Waals surface area contributed by atoms with Crippen LogP contribution in [0.5, 0.6) is 0 Å². The molecule has 0 heterocycles. The maximum absolute atomic E-state index is 12.4. The zero-order chi connectivity index (χ0) is 20.0. The molecule has 2 aromatic rings. The highest BCUT2D eigenvalue weighted by atomic mass is 32.2. The van der Waals surface area contributed by atoms with Crippen molar-refractivity contribution in [2.45, 2.75) is 43.9 Å². The molecule has 0 unspecified atom stereocenters. The van der Waals surface area contributed by atoms with Crippen molar-refractivity contribution in [3.8, 4) is 0 Å². The second-order valence-electron chi connectivity index (χ2n) is 7.10. The summed E-state index contributed by atoms with van der Waals surface area (Å²) in [6.45, 7) is 2.37. The van der Waals surface area contributed by atoms with Crippen molar-refractivity contribution >= 4 is 21.6 Å². The van der Waals surface area contributed by atoms with Crippen LogP contribution in [0.2, 0.25) is 0 Å². The van der Waals surface area contributed by atoms with E-state index in [2.05, 4.69) is 16.1 Å². The Hall–Kier alpha value is -2.44. The third-order valence-electron chi connectivity index (χ3n) is 4.86. The Morgan fingerprint density at radius 3 is 2.36 bits per heavy atom. The Kier molecular flexibility index (Phi) is 6.65. The van der Waals surface area contributed by atoms with E-state index in [1.807, 2.05) is 31.2 Å². The van der Waals surface area contributed by atoms with Gasteiger partial charge in [0, 0.05) is 17.8 Å². The van der Waals surface area contributed by atoms with Gasteiger partial charge in [0.2, 0.25) is 10.0 Å². The molecule has 0 spiro atoms. The Bertz CT molecular complexity index is 946. The highest BCUT2D eigenvalue weighted by Crippen LogP contribution is 2.20. The van der Waals surface area contributed by atoms with Crippen LogP contribution in [-0.2, 0) is 10.0 Å². The van der Waals surface area contributed by atoms with Crippen molar-refractivity contribution in [2.24, 2.45) is 0 Å². The first kappa shape index (κ1) is 20.3. The van der Waals surface area contributed by atoms with E-state index in [1.54, 1.807) is 0 Å². The number of anilines is 1. The first-order chi connectivity index (χ1) is 13.4. The summed E-state index contributed by atoms with van der Waals surface area (Å²) in [4.78, 5) is 12.5. The van der Waals surface area contributed by atoms with Gasteiger partial charge >= 0.3 is 0 Å². The molecule has 0 saturated carbocycles. The number of sulfonamides is 1. The number of allylic oxidation sites excluding steroid dienone is 1. The highest BCUT2D eigenvalue weighted by molar-refractivity contribution is 7.89. The van der Waals surface area contributed by atoms with E-state index in [1.165, 1.54) is 42.7 Å². The monoisotopic (exact) mass is 398 g/mol. The summed E-state index contributed by atoms with van der Waals surface area (Å²) in [7, 11) is -3.58. The summed E-state index contributed by atoms with van der Waals surface area (Å²) in [5.74, 6) is -0.273. The quantitative estimate of drug-likeness (QED) is 0.678. The minimum atomic E-state index is -3.58. The summed E-state index contributed by atoms with van der Waals surface area (Å²) in [5, 5.41) is 2.80. The second-order valence-corrected chi connectivity index (χ2v) is 8.87. The molecule has 0 bridgehead atoms. The lowest BCUT2D eigenvalue weighted by Gasteiger charge is -2.13. The van der Waals surface area contributed by atoms with Crippen molar-refractivity contribution in [2.75, 3.05) is 11.9 Å². The summed E-state index contributed by atoms with van der Waals surface area (Å²) < 4.78 is 27.5. The Morgan fingerprint density at radius 2 is 1.71 bits per heavy atom. The van der Waals surface area contributed by atoms with Crippen molar-refractivity contribution in [3.05, 3.63) is 71.3 Å². The van der Waals surface area contributed by atoms with Crippen molar-refractivity contribution in [1.29, 1.82) is 0 Å². The summed E-state index contributed by atoms with van der Waals surface area (Å²) in [6.07, 6.45) is 7.53. The van der Waals surface area contributed by atoms with Gasteiger partial charge in [-0.25, -0.2) is 13.1 Å². The SMILES string of the molecule is Cc1ccc(NC(=O)c2ccc(S(=O)(=O)NCCC3=CCCCC3)cc2)cc1. The van der Waals surface area contributed by atoms with Crippen LogP contribution in [0.3, 0.4) is 0 Å². The molecule has 6 heteroatoms. The van der Waals surface area contributed by atoms with Crippen LogP contribution in [0.1, 0.15) is 48.0 Å². The predicted molar refractivity (Wildman–Crippen MR) is 112 cm³/mol. The van der Waals surface area contributed by atoms with Crippen molar-refractivity contribution < 1.29 is 13.2 Å². The fourth-order valence-electron chi connectivity index (χ4n) is 3.19. The summed E-state index contributed by atoms with van der Waals surface area (Å²) >= 11 is 0. The Labute approximate surface area is 166 Å². The van der Waals surface area contributed by atoms with Crippen LogP contribution >= 0.6 is 0 Å². The van der Waals surface area contributed by atoms with E-state index in [0.29, 0.717) is 17.8 Å². The number of aryl methyl sites for hydroxylation is 1. The second kappa shape index (κ2) is 9.17. The molecule has 0 fully saturated rings. The van der Waals surface area contributed by atoms with Gasteiger partial charge in [-0.2, -0.15) is 0 Å². The molecule has 148 valence electrons. The standard InChI is InChI=1S/C22H26N2O3S/c1-17-7-11-20(12-8-17)24-22(25)19-9-13-21(14-10-19)28(26,27)23-16-15-18-5-3-2-4-6-18/h5,7-14,23H,2-4,6,15-16H2,1H3,(H,24,25). The average molecular weight is 399 g/mol. The number of rotatable bonds is 7.